The van der Waals surface area contributed by atoms with Crippen LogP contribution >= 0.6 is 11.6 Å². The van der Waals surface area contributed by atoms with Gasteiger partial charge in [-0.2, -0.15) is 28.4 Å². The van der Waals surface area contributed by atoms with Crippen molar-refractivity contribution in [3.05, 3.63) is 70.5 Å². The van der Waals surface area contributed by atoms with Gasteiger partial charge in [0.15, 0.2) is 11.6 Å². The van der Waals surface area contributed by atoms with Crippen molar-refractivity contribution in [1.29, 1.82) is 0 Å². The minimum absolute atomic E-state index is 0.0887. The molecule has 0 aliphatic carbocycles. The van der Waals surface area contributed by atoms with Crippen LogP contribution in [0.1, 0.15) is 34.6 Å². The smallest absolute Gasteiger partial charge is 0.381 e. The Labute approximate surface area is 224 Å². The highest BCUT2D eigenvalue weighted by Crippen LogP contribution is 2.40. The lowest BCUT2D eigenvalue weighted by atomic mass is 9.92. The van der Waals surface area contributed by atoms with Gasteiger partial charge in [-0.25, -0.2) is 9.48 Å². The van der Waals surface area contributed by atoms with Crippen LogP contribution in [-0.4, -0.2) is 38.0 Å². The number of alkyl halides is 3. The van der Waals surface area contributed by atoms with Crippen molar-refractivity contribution in [2.24, 2.45) is 0 Å². The number of carbonyl (C=O) groups is 2. The normalized spacial score (nSPS) is 13.8. The summed E-state index contributed by atoms with van der Waals surface area (Å²) in [6, 6.07) is 10.5. The molecule has 1 aliphatic heterocycles. The number of nitrogens with two attached hydrogens (primary N) is 1. The first-order chi connectivity index (χ1) is 18.5. The van der Waals surface area contributed by atoms with Gasteiger partial charge in [0.2, 0.25) is 0 Å². The number of aromatic amines is 1. The van der Waals surface area contributed by atoms with Crippen LogP contribution in [0.5, 0.6) is 0 Å². The average Bonchev–Trinajstić information content (AvgIpc) is 3.44. The second kappa shape index (κ2) is 9.66. The Hall–Kier alpha value is -4.52. The summed E-state index contributed by atoms with van der Waals surface area (Å²) in [7, 11) is 0. The maximum absolute atomic E-state index is 13.5. The molecule has 1 amide bonds. The summed E-state index contributed by atoms with van der Waals surface area (Å²) < 4.78 is 39.7. The standard InChI is InChI=1S/C25H21ClF3N7O3/c1-12(15-11-16(26)17-13(2)32-33-20(17)18(15)14-7-4-3-5-8-14)31-22(37)19-21(30)34-35-9-6-10-36(23(19)35)39-24(38)25(27,28)29/h3-8,10-12H,9H2,1-2H3,(H2,30,34)(H,31,37)(H,32,33). The number of hydrogen-bond donors (Lipinski definition) is 3. The number of aromatic nitrogens is 4. The molecule has 2 aromatic heterocycles. The number of nitrogens with one attached hydrogen (secondary N) is 2. The molecule has 0 fully saturated rings. The van der Waals surface area contributed by atoms with Gasteiger partial charge in [0, 0.05) is 22.8 Å². The Morgan fingerprint density at radius 2 is 1.97 bits per heavy atom. The number of hydrogen-bond acceptors (Lipinski definition) is 7. The predicted octanol–water partition coefficient (Wildman–Crippen LogP) is 4.82. The molecule has 4 aromatic rings. The quantitative estimate of drug-likeness (QED) is 0.319. The van der Waals surface area contributed by atoms with Crippen LogP contribution in [0, 0.1) is 6.92 Å². The summed E-state index contributed by atoms with van der Waals surface area (Å²) in [6.07, 6.45) is -2.78. The van der Waals surface area contributed by atoms with E-state index in [0.717, 1.165) is 33.1 Å². The summed E-state index contributed by atoms with van der Waals surface area (Å²) in [4.78, 5) is 29.5. The fourth-order valence-corrected chi connectivity index (χ4v) is 4.83. The molecule has 2 aromatic carbocycles. The molecule has 4 N–H and O–H groups in total. The first-order valence-electron chi connectivity index (χ1n) is 11.6. The van der Waals surface area contributed by atoms with Gasteiger partial charge in [-0.1, -0.05) is 41.9 Å². The molecule has 1 atom stereocenters. The molecule has 3 heterocycles. The van der Waals surface area contributed by atoms with Crippen LogP contribution in [0.2, 0.25) is 5.02 Å². The first kappa shape index (κ1) is 26.1. The van der Waals surface area contributed by atoms with Crippen molar-refractivity contribution in [2.75, 3.05) is 10.8 Å². The Morgan fingerprint density at radius 1 is 1.26 bits per heavy atom. The number of carbonyl (C=O) groups excluding carboxylic acids is 2. The number of H-pyrrole nitrogens is 1. The lowest BCUT2D eigenvalue weighted by Crippen LogP contribution is -2.36. The van der Waals surface area contributed by atoms with Crippen molar-refractivity contribution in [3.63, 3.8) is 0 Å². The second-order valence-corrected chi connectivity index (χ2v) is 9.22. The molecule has 0 saturated heterocycles. The van der Waals surface area contributed by atoms with Crippen molar-refractivity contribution >= 4 is 46.0 Å². The fraction of sp³-hybridized carbons (Fsp3) is 0.200. The largest absolute Gasteiger partial charge is 0.493 e. The molecular formula is C25H21ClF3N7O3. The number of aryl methyl sites for hydroxylation is 1. The number of anilines is 2. The molecule has 5 rings (SSSR count). The molecule has 10 nitrogen and oxygen atoms in total. The Kier molecular flexibility index (Phi) is 6.46. The van der Waals surface area contributed by atoms with E-state index < -0.39 is 24.1 Å². The van der Waals surface area contributed by atoms with E-state index in [0.29, 0.717) is 21.2 Å². The number of fused-ring (bicyclic) bond motifs is 2. The zero-order valence-electron chi connectivity index (χ0n) is 20.5. The van der Waals surface area contributed by atoms with E-state index in [4.69, 9.17) is 17.3 Å². The van der Waals surface area contributed by atoms with Crippen molar-refractivity contribution in [2.45, 2.75) is 32.6 Å². The van der Waals surface area contributed by atoms with Crippen LogP contribution in [0.3, 0.4) is 0 Å². The van der Waals surface area contributed by atoms with E-state index in [-0.39, 0.29) is 23.7 Å². The first-order valence-corrected chi connectivity index (χ1v) is 12.0. The van der Waals surface area contributed by atoms with E-state index in [1.54, 1.807) is 13.0 Å². The van der Waals surface area contributed by atoms with E-state index in [2.05, 4.69) is 25.5 Å². The van der Waals surface area contributed by atoms with Crippen molar-refractivity contribution < 1.29 is 27.6 Å². The average molecular weight is 560 g/mol. The molecule has 0 radical (unpaired) electrons. The highest BCUT2D eigenvalue weighted by atomic mass is 35.5. The Morgan fingerprint density at radius 3 is 2.67 bits per heavy atom. The van der Waals surface area contributed by atoms with Crippen LogP contribution in [0.4, 0.5) is 24.8 Å². The summed E-state index contributed by atoms with van der Waals surface area (Å²) in [5.41, 5.74) is 9.33. The molecular weight excluding hydrogens is 539 g/mol. The summed E-state index contributed by atoms with van der Waals surface area (Å²) in [6.45, 7) is 3.65. The van der Waals surface area contributed by atoms with Crippen LogP contribution < -0.4 is 16.1 Å². The van der Waals surface area contributed by atoms with Gasteiger partial charge >= 0.3 is 12.1 Å². The molecule has 1 unspecified atom stereocenters. The third-order valence-corrected chi connectivity index (χ3v) is 6.49. The molecule has 0 saturated carbocycles. The van der Waals surface area contributed by atoms with Crippen molar-refractivity contribution in [1.82, 2.24) is 25.3 Å². The zero-order valence-corrected chi connectivity index (χ0v) is 21.3. The zero-order chi connectivity index (χ0) is 28.1. The number of hydroxylamine groups is 1. The Balaban J connectivity index is 1.53. The topological polar surface area (TPSA) is 131 Å². The molecule has 39 heavy (non-hydrogen) atoms. The maximum Gasteiger partial charge on any atom is 0.493 e. The van der Waals surface area contributed by atoms with E-state index >= 15 is 0 Å². The van der Waals surface area contributed by atoms with Crippen LogP contribution in [0.25, 0.3) is 22.0 Å². The van der Waals surface area contributed by atoms with Gasteiger partial charge in [0.05, 0.1) is 17.6 Å². The third kappa shape index (κ3) is 4.65. The minimum Gasteiger partial charge on any atom is -0.381 e. The molecule has 0 spiro atoms. The van der Waals surface area contributed by atoms with Gasteiger partial charge in [0.1, 0.15) is 11.1 Å². The number of halogens is 4. The second-order valence-electron chi connectivity index (χ2n) is 8.81. The summed E-state index contributed by atoms with van der Waals surface area (Å²) in [5, 5.41) is 15.9. The number of rotatable bonds is 5. The predicted molar refractivity (Wildman–Crippen MR) is 138 cm³/mol. The monoisotopic (exact) mass is 559 g/mol. The number of nitrogens with zero attached hydrogens (tertiary/aromatic N) is 4. The number of nitrogen functional groups attached to an aromatic ring is 1. The molecule has 14 heteroatoms. The fourth-order valence-electron chi connectivity index (χ4n) is 4.48. The van der Waals surface area contributed by atoms with Gasteiger partial charge < -0.3 is 15.9 Å². The SMILES string of the molecule is Cc1[nH]nc2c(-c3ccccc3)c(C(C)NC(=O)c3c(N)nn4c3N(OC(=O)C(F)(F)F)C=CC4)cc(Cl)c12. The lowest BCUT2D eigenvalue weighted by Gasteiger charge is -2.25. The Bertz CT molecular complexity index is 1630. The lowest BCUT2D eigenvalue weighted by molar-refractivity contribution is -0.200. The van der Waals surface area contributed by atoms with Crippen LogP contribution in [-0.2, 0) is 16.2 Å². The van der Waals surface area contributed by atoms with E-state index in [9.17, 15) is 22.8 Å². The van der Waals surface area contributed by atoms with Gasteiger partial charge in [0.25, 0.3) is 5.91 Å². The molecule has 0 bridgehead atoms. The number of amides is 1. The third-order valence-electron chi connectivity index (χ3n) is 6.19. The maximum atomic E-state index is 13.5. The summed E-state index contributed by atoms with van der Waals surface area (Å²) in [5.74, 6) is -3.70. The van der Waals surface area contributed by atoms with E-state index in [1.807, 2.05) is 37.3 Å². The number of allylic oxidation sites excluding steroid dienone is 1. The van der Waals surface area contributed by atoms with Gasteiger partial charge in [-0.15, -0.1) is 0 Å². The molecule has 1 aliphatic rings. The minimum atomic E-state index is -5.25. The van der Waals surface area contributed by atoms with E-state index in [1.165, 1.54) is 6.08 Å². The van der Waals surface area contributed by atoms with Gasteiger partial charge in [-0.3, -0.25) is 9.89 Å². The number of benzene rings is 2. The van der Waals surface area contributed by atoms with Crippen molar-refractivity contribution in [3.8, 4) is 11.1 Å². The van der Waals surface area contributed by atoms with Crippen LogP contribution in [0.15, 0.2) is 48.7 Å². The summed E-state index contributed by atoms with van der Waals surface area (Å²) >= 11 is 6.61. The molecule has 202 valence electrons. The highest BCUT2D eigenvalue weighted by Gasteiger charge is 2.44. The van der Waals surface area contributed by atoms with Gasteiger partial charge in [-0.05, 0) is 37.1 Å². The highest BCUT2D eigenvalue weighted by molar-refractivity contribution is 6.36.